The van der Waals surface area contributed by atoms with Crippen LogP contribution in [0.2, 0.25) is 0 Å². The third-order valence-electron chi connectivity index (χ3n) is 9.95. The molecular formula is C38H65N5O16S. The quantitative estimate of drug-likeness (QED) is 0.0395. The van der Waals surface area contributed by atoms with E-state index in [2.05, 4.69) is 20.9 Å². The second kappa shape index (κ2) is 27.1. The molecule has 2 saturated heterocycles. The van der Waals surface area contributed by atoms with Gasteiger partial charge in [0.15, 0.2) is 18.3 Å². The van der Waals surface area contributed by atoms with E-state index >= 15 is 0 Å². The molecule has 2 aliphatic rings. The Morgan fingerprint density at radius 3 is 2.05 bits per heavy atom. The zero-order valence-electron chi connectivity index (χ0n) is 34.6. The van der Waals surface area contributed by atoms with Gasteiger partial charge in [-0.1, -0.05) is 64.5 Å². The summed E-state index contributed by atoms with van der Waals surface area (Å²) >= 11 is 1.20. The summed E-state index contributed by atoms with van der Waals surface area (Å²) < 4.78 is 28.8. The Morgan fingerprint density at radius 2 is 1.42 bits per heavy atom. The van der Waals surface area contributed by atoms with Gasteiger partial charge in [0.25, 0.3) is 0 Å². The van der Waals surface area contributed by atoms with Crippen LogP contribution in [-0.2, 0) is 42.9 Å². The van der Waals surface area contributed by atoms with Crippen LogP contribution in [0.3, 0.4) is 0 Å². The number of unbranched alkanes of at least 4 members (excludes halogenated alkanes) is 6. The van der Waals surface area contributed by atoms with Crippen LogP contribution in [0.1, 0.15) is 104 Å². The first-order valence-electron chi connectivity index (χ1n) is 20.8. The molecule has 0 aromatic carbocycles. The van der Waals surface area contributed by atoms with Crippen molar-refractivity contribution in [2.75, 3.05) is 36.6 Å². The fourth-order valence-electron chi connectivity index (χ4n) is 6.42. The van der Waals surface area contributed by atoms with Gasteiger partial charge in [0.1, 0.15) is 67.6 Å². The fourth-order valence-corrected chi connectivity index (χ4v) is 7.45. The van der Waals surface area contributed by atoms with Crippen LogP contribution in [0.15, 0.2) is 6.20 Å². The van der Waals surface area contributed by atoms with Gasteiger partial charge in [-0.3, -0.25) is 19.2 Å². The molecule has 22 heteroatoms. The highest BCUT2D eigenvalue weighted by Gasteiger charge is 2.51. The lowest BCUT2D eigenvalue weighted by atomic mass is 9.96. The lowest BCUT2D eigenvalue weighted by Gasteiger charge is -2.45. The summed E-state index contributed by atoms with van der Waals surface area (Å²) in [5.74, 6) is -1.83. The lowest BCUT2D eigenvalue weighted by molar-refractivity contribution is -0.347. The number of aromatic nitrogens is 3. The normalized spacial score (nSPS) is 27.8. The van der Waals surface area contributed by atoms with Crippen molar-refractivity contribution in [1.82, 2.24) is 20.3 Å². The molecule has 2 amide bonds. The number of esters is 2. The van der Waals surface area contributed by atoms with E-state index in [1.54, 1.807) is 0 Å². The van der Waals surface area contributed by atoms with E-state index in [0.29, 0.717) is 19.3 Å². The number of amides is 2. The van der Waals surface area contributed by atoms with Crippen molar-refractivity contribution in [3.63, 3.8) is 0 Å². The molecule has 9 unspecified atom stereocenters. The van der Waals surface area contributed by atoms with Crippen LogP contribution in [0.5, 0.6) is 0 Å². The number of carbonyl (C=O) groups excluding carboxylic acids is 4. The van der Waals surface area contributed by atoms with Crippen molar-refractivity contribution in [2.24, 2.45) is 0 Å². The van der Waals surface area contributed by atoms with Crippen molar-refractivity contribution in [2.45, 2.75) is 171 Å². The molecule has 0 radical (unpaired) electrons. The second-order valence-electron chi connectivity index (χ2n) is 14.9. The van der Waals surface area contributed by atoms with Gasteiger partial charge in [-0.2, -0.15) is 11.8 Å². The largest absolute Gasteiger partial charge is 0.462 e. The van der Waals surface area contributed by atoms with Crippen molar-refractivity contribution in [3.05, 3.63) is 6.20 Å². The van der Waals surface area contributed by atoms with Gasteiger partial charge >= 0.3 is 11.9 Å². The first kappa shape index (κ1) is 51.3. The lowest BCUT2D eigenvalue weighted by Crippen LogP contribution is -2.63. The maximum absolute atomic E-state index is 13.6. The Labute approximate surface area is 353 Å². The number of nitrogens with one attached hydrogen (secondary N) is 2. The molecule has 9 N–H and O–H groups in total. The Kier molecular flexibility index (Phi) is 23.2. The van der Waals surface area contributed by atoms with Crippen molar-refractivity contribution >= 4 is 41.3 Å². The first-order chi connectivity index (χ1) is 28.8. The van der Waals surface area contributed by atoms with Gasteiger partial charge in [0.05, 0.1) is 19.4 Å². The number of nitrogens with zero attached hydrogens (tertiary/aromatic N) is 3. The molecular weight excluding hydrogens is 815 g/mol. The third kappa shape index (κ3) is 16.0. The molecule has 21 nitrogen and oxygen atoms in total. The van der Waals surface area contributed by atoms with E-state index in [1.807, 2.05) is 20.8 Å². The van der Waals surface area contributed by atoms with Gasteiger partial charge in [0.2, 0.25) is 11.8 Å². The third-order valence-corrected chi connectivity index (χ3v) is 11.1. The van der Waals surface area contributed by atoms with Gasteiger partial charge in [-0.15, -0.1) is 5.10 Å². The fraction of sp³-hybridized carbons (Fsp3) is 0.842. The molecule has 3 heterocycles. The zero-order chi connectivity index (χ0) is 44.2. The van der Waals surface area contributed by atoms with Crippen LogP contribution >= 0.6 is 11.8 Å². The molecule has 12 atom stereocenters. The summed E-state index contributed by atoms with van der Waals surface area (Å²) in [6.45, 7) is 4.34. The Hall–Kier alpha value is -3.03. The average molecular weight is 880 g/mol. The van der Waals surface area contributed by atoms with Gasteiger partial charge in [-0.05, 0) is 19.3 Å². The number of rotatable bonds is 27. The second-order valence-corrected chi connectivity index (χ2v) is 16.0. The molecule has 0 spiro atoms. The number of ether oxygens (including phenoxy) is 5. The number of aliphatic hydroxyl groups is 7. The number of hydrogen-bond acceptors (Lipinski definition) is 19. The first-order valence-corrected chi connectivity index (χ1v) is 22.0. The van der Waals surface area contributed by atoms with Crippen LogP contribution in [0.25, 0.3) is 0 Å². The molecule has 2 fully saturated rings. The highest BCUT2D eigenvalue weighted by Crippen LogP contribution is 2.33. The SMILES string of the molecule is CCCCCC(=O)N[C@H](CSC[C@@H](COC(=O)CCCCC)OC(=O)CCCCC)C(=O)Nc1cn([C@@H]2OC(CO)C(OC3OC(CO)C(O)C(O)C3O)C(O)C2O)nn1. The smallest absolute Gasteiger partial charge is 0.306 e. The number of thioether (sulfide) groups is 1. The van der Waals surface area contributed by atoms with E-state index in [1.165, 1.54) is 18.0 Å². The van der Waals surface area contributed by atoms with Crippen LogP contribution < -0.4 is 10.6 Å². The van der Waals surface area contributed by atoms with E-state index in [-0.39, 0.29) is 49.1 Å². The minimum absolute atomic E-state index is 0.0263. The number of aliphatic hydroxyl groups excluding tert-OH is 7. The number of anilines is 1. The molecule has 60 heavy (non-hydrogen) atoms. The maximum Gasteiger partial charge on any atom is 0.306 e. The summed E-state index contributed by atoms with van der Waals surface area (Å²) in [5, 5.41) is 85.5. The van der Waals surface area contributed by atoms with E-state index in [4.69, 9.17) is 23.7 Å². The highest BCUT2D eigenvalue weighted by atomic mass is 32.2. The van der Waals surface area contributed by atoms with Crippen LogP contribution in [-0.4, -0.2) is 173 Å². The topological polar surface area (TPSA) is 311 Å². The number of hydrogen-bond donors (Lipinski definition) is 9. The Bertz CT molecular complexity index is 1440. The molecule has 0 aliphatic carbocycles. The van der Waals surface area contributed by atoms with E-state index < -0.39 is 105 Å². The molecule has 0 bridgehead atoms. The maximum atomic E-state index is 13.6. The predicted octanol–water partition coefficient (Wildman–Crippen LogP) is -0.573. The zero-order valence-corrected chi connectivity index (χ0v) is 35.4. The minimum atomic E-state index is -1.84. The standard InChI is InChI=1S/C38H65N5O16S/c1-4-7-10-13-27(46)39-23(21-60-20-22(56-29(48)15-12-9-6-3)19-55-28(47)14-11-8-5-2)36(54)40-26-16-43(42-41-26)37-33(52)32(51)35(25(18-45)57-37)59-38-34(53)31(50)30(49)24(17-44)58-38/h16,22-25,30-35,37-38,44-45,49-53H,4-15,17-21H2,1-3H3,(H,39,46)(H,40,54)/t22-,23-,24?,25?,30?,31?,32?,33?,34?,35?,37-,38?/m1/s1. The minimum Gasteiger partial charge on any atom is -0.462 e. The highest BCUT2D eigenvalue weighted by molar-refractivity contribution is 7.99. The molecule has 1 aromatic heterocycles. The molecule has 3 rings (SSSR count). The Morgan fingerprint density at radius 1 is 0.783 bits per heavy atom. The monoisotopic (exact) mass is 879 g/mol. The summed E-state index contributed by atoms with van der Waals surface area (Å²) in [6, 6.07) is -1.11. The van der Waals surface area contributed by atoms with Gasteiger partial charge in [-0.25, -0.2) is 4.68 Å². The molecule has 2 aliphatic heterocycles. The summed E-state index contributed by atoms with van der Waals surface area (Å²) in [7, 11) is 0. The number of carbonyl (C=O) groups is 4. The van der Waals surface area contributed by atoms with E-state index in [0.717, 1.165) is 43.2 Å². The molecule has 344 valence electrons. The summed E-state index contributed by atoms with van der Waals surface area (Å²) in [6.07, 6.45) is -8.14. The summed E-state index contributed by atoms with van der Waals surface area (Å²) in [4.78, 5) is 51.5. The van der Waals surface area contributed by atoms with Crippen molar-refractivity contribution in [1.29, 1.82) is 0 Å². The van der Waals surface area contributed by atoms with Gasteiger partial charge in [0, 0.05) is 30.8 Å². The Balaban J connectivity index is 1.69. The molecule has 0 saturated carbocycles. The van der Waals surface area contributed by atoms with Crippen molar-refractivity contribution < 1.29 is 78.6 Å². The van der Waals surface area contributed by atoms with Crippen LogP contribution in [0.4, 0.5) is 5.82 Å². The summed E-state index contributed by atoms with van der Waals surface area (Å²) in [5.41, 5.74) is 0. The average Bonchev–Trinajstić information content (AvgIpc) is 3.69. The van der Waals surface area contributed by atoms with Gasteiger partial charge < -0.3 is 70.1 Å². The van der Waals surface area contributed by atoms with E-state index in [9.17, 15) is 54.9 Å². The predicted molar refractivity (Wildman–Crippen MR) is 213 cm³/mol. The molecule has 1 aromatic rings. The van der Waals surface area contributed by atoms with Crippen LogP contribution in [0, 0.1) is 0 Å². The van der Waals surface area contributed by atoms with Crippen molar-refractivity contribution in [3.8, 4) is 0 Å².